The molecule has 1 fully saturated rings. The van der Waals surface area contributed by atoms with Gasteiger partial charge in [0, 0.05) is 20.2 Å². The first-order valence-electron chi connectivity index (χ1n) is 9.64. The maximum Gasteiger partial charge on any atom is 0.336 e. The van der Waals surface area contributed by atoms with Crippen molar-refractivity contribution in [2.75, 3.05) is 26.7 Å². The summed E-state index contributed by atoms with van der Waals surface area (Å²) in [6.07, 6.45) is 4.60. The summed E-state index contributed by atoms with van der Waals surface area (Å²) >= 11 is 0. The fraction of sp³-hybridized carbons (Fsp3) is 0.667. The number of hydrogen-bond donors (Lipinski definition) is 1. The molecule has 1 aliphatic carbocycles. The van der Waals surface area contributed by atoms with Crippen LogP contribution in [0.25, 0.3) is 0 Å². The third kappa shape index (κ3) is 6.03. The second kappa shape index (κ2) is 8.83. The van der Waals surface area contributed by atoms with E-state index in [1.807, 2.05) is 13.0 Å². The first-order chi connectivity index (χ1) is 12.6. The zero-order chi connectivity index (χ0) is 20.2. The van der Waals surface area contributed by atoms with E-state index in [0.717, 1.165) is 31.5 Å². The Bertz CT molecular complexity index is 668. The molecule has 152 valence electrons. The van der Waals surface area contributed by atoms with E-state index in [4.69, 9.17) is 4.74 Å². The van der Waals surface area contributed by atoms with Crippen LogP contribution in [0.4, 0.5) is 0 Å². The van der Waals surface area contributed by atoms with Crippen LogP contribution >= 0.6 is 0 Å². The number of hydrogen-bond acceptors (Lipinski definition) is 5. The monoisotopic (exact) mass is 378 g/mol. The summed E-state index contributed by atoms with van der Waals surface area (Å²) < 4.78 is 4.79. The summed E-state index contributed by atoms with van der Waals surface area (Å²) in [5, 5.41) is 2.87. The molecule has 0 spiro atoms. The molecule has 0 saturated carbocycles. The molecule has 6 heteroatoms. The number of ketones is 1. The van der Waals surface area contributed by atoms with Gasteiger partial charge in [0.05, 0.1) is 24.9 Å². The quantitative estimate of drug-likeness (QED) is 0.719. The first-order valence-corrected chi connectivity index (χ1v) is 9.64. The van der Waals surface area contributed by atoms with Crippen molar-refractivity contribution in [1.82, 2.24) is 10.2 Å². The zero-order valence-corrected chi connectivity index (χ0v) is 17.2. The normalized spacial score (nSPS) is 19.1. The lowest BCUT2D eigenvalue weighted by atomic mass is 9.82. The number of nitrogens with zero attached hydrogens (tertiary/aromatic N) is 1. The van der Waals surface area contributed by atoms with Crippen molar-refractivity contribution in [2.24, 2.45) is 11.3 Å². The van der Waals surface area contributed by atoms with Crippen LogP contribution in [0, 0.1) is 11.3 Å². The van der Waals surface area contributed by atoms with E-state index in [1.165, 1.54) is 7.11 Å². The first kappa shape index (κ1) is 21.4. The number of methoxy groups -OCH3 is 1. The largest absolute Gasteiger partial charge is 0.466 e. The van der Waals surface area contributed by atoms with Crippen molar-refractivity contribution in [3.63, 3.8) is 0 Å². The fourth-order valence-electron chi connectivity index (χ4n) is 3.64. The highest BCUT2D eigenvalue weighted by molar-refractivity contribution is 5.93. The predicted molar refractivity (Wildman–Crippen MR) is 106 cm³/mol. The van der Waals surface area contributed by atoms with Crippen molar-refractivity contribution in [2.45, 2.75) is 53.4 Å². The maximum absolute atomic E-state index is 12.4. The molecule has 1 N–H and O–H groups in total. The second-order valence-corrected chi connectivity index (χ2v) is 8.74. The summed E-state index contributed by atoms with van der Waals surface area (Å²) in [4.78, 5) is 38.7. The Kier molecular flexibility index (Phi) is 6.98. The minimum Gasteiger partial charge on any atom is -0.466 e. The molecule has 1 amide bonds. The van der Waals surface area contributed by atoms with Crippen molar-refractivity contribution in [3.05, 3.63) is 22.9 Å². The highest BCUT2D eigenvalue weighted by atomic mass is 16.5. The van der Waals surface area contributed by atoms with Crippen LogP contribution in [-0.2, 0) is 19.1 Å². The van der Waals surface area contributed by atoms with Crippen LogP contribution in [0.2, 0.25) is 0 Å². The highest BCUT2D eigenvalue weighted by Crippen LogP contribution is 2.27. The van der Waals surface area contributed by atoms with Gasteiger partial charge in [-0.25, -0.2) is 4.79 Å². The van der Waals surface area contributed by atoms with Crippen molar-refractivity contribution >= 4 is 17.7 Å². The Balaban J connectivity index is 0.00000392. The van der Waals surface area contributed by atoms with E-state index in [9.17, 15) is 14.4 Å². The van der Waals surface area contributed by atoms with Crippen molar-refractivity contribution in [1.29, 1.82) is 0 Å². The molecule has 0 aromatic carbocycles. The van der Waals surface area contributed by atoms with Gasteiger partial charge in [0.2, 0.25) is 5.91 Å². The van der Waals surface area contributed by atoms with Crippen LogP contribution in [0.5, 0.6) is 0 Å². The van der Waals surface area contributed by atoms with E-state index in [0.29, 0.717) is 29.9 Å². The number of Topliss-reactive ketones (excluding diaryl/α,β-unsaturated/α-hetero) is 1. The number of piperidine rings is 1. The summed E-state index contributed by atoms with van der Waals surface area (Å²) in [5.74, 6) is -0.0968. The number of carbonyl (C=O) groups is 3. The SMILES string of the molecule is COC(=O)C1=C(NC(=O)CN2CCC(C(=O)CC(C)(C)C)CC2)C(C)=CC1.[HH]. The lowest BCUT2D eigenvalue weighted by molar-refractivity contribution is -0.136. The summed E-state index contributed by atoms with van der Waals surface area (Å²) in [7, 11) is 1.34. The number of likely N-dealkylation sites (tertiary alicyclic amines) is 1. The third-order valence-corrected chi connectivity index (χ3v) is 5.12. The third-order valence-electron chi connectivity index (χ3n) is 5.12. The van der Waals surface area contributed by atoms with E-state index in [2.05, 4.69) is 31.0 Å². The molecule has 0 aromatic heterocycles. The molecule has 1 saturated heterocycles. The molecule has 0 unspecified atom stereocenters. The van der Waals surface area contributed by atoms with E-state index in [1.54, 1.807) is 0 Å². The van der Waals surface area contributed by atoms with Crippen molar-refractivity contribution in [3.8, 4) is 0 Å². The number of esters is 1. The molecule has 2 rings (SSSR count). The van der Waals surface area contributed by atoms with Crippen LogP contribution in [0.3, 0.4) is 0 Å². The molecule has 2 aliphatic rings. The van der Waals surface area contributed by atoms with E-state index in [-0.39, 0.29) is 25.2 Å². The second-order valence-electron chi connectivity index (χ2n) is 8.74. The Morgan fingerprint density at radius 1 is 1.26 bits per heavy atom. The molecular formula is C21H34N2O4. The number of carbonyl (C=O) groups excluding carboxylic acids is 3. The molecule has 1 heterocycles. The molecule has 0 radical (unpaired) electrons. The van der Waals surface area contributed by atoms with Crippen LogP contribution in [0.1, 0.15) is 54.8 Å². The van der Waals surface area contributed by atoms with Gasteiger partial charge >= 0.3 is 5.97 Å². The van der Waals surface area contributed by atoms with Gasteiger partial charge in [0.15, 0.2) is 0 Å². The molecule has 0 atom stereocenters. The maximum atomic E-state index is 12.4. The Morgan fingerprint density at radius 2 is 1.89 bits per heavy atom. The fourth-order valence-corrected chi connectivity index (χ4v) is 3.64. The number of allylic oxidation sites excluding steroid dienone is 2. The zero-order valence-electron chi connectivity index (χ0n) is 17.2. The van der Waals surface area contributed by atoms with Gasteiger partial charge in [-0.1, -0.05) is 26.8 Å². The molecule has 6 nitrogen and oxygen atoms in total. The van der Waals surface area contributed by atoms with Crippen molar-refractivity contribution < 1.29 is 20.5 Å². The van der Waals surface area contributed by atoms with E-state index >= 15 is 0 Å². The predicted octanol–water partition coefficient (Wildman–Crippen LogP) is 2.84. The van der Waals surface area contributed by atoms with Gasteiger partial charge in [-0.3, -0.25) is 14.5 Å². The van der Waals surface area contributed by atoms with Crippen LogP contribution < -0.4 is 5.32 Å². The highest BCUT2D eigenvalue weighted by Gasteiger charge is 2.29. The number of nitrogens with one attached hydrogen (secondary N) is 1. The molecule has 27 heavy (non-hydrogen) atoms. The van der Waals surface area contributed by atoms with Gasteiger partial charge in [-0.2, -0.15) is 0 Å². The molecule has 1 aliphatic heterocycles. The summed E-state index contributed by atoms with van der Waals surface area (Å²) in [5.41, 5.74) is 1.97. The van der Waals surface area contributed by atoms with Gasteiger partial charge in [0.25, 0.3) is 0 Å². The molecule has 0 bridgehead atoms. The number of ether oxygens (including phenoxy) is 1. The topological polar surface area (TPSA) is 75.7 Å². The van der Waals surface area contributed by atoms with E-state index < -0.39 is 5.97 Å². The summed E-state index contributed by atoms with van der Waals surface area (Å²) in [6, 6.07) is 0. The minimum atomic E-state index is -0.406. The van der Waals surface area contributed by atoms with Gasteiger partial charge in [-0.15, -0.1) is 0 Å². The lowest BCUT2D eigenvalue weighted by Gasteiger charge is -2.32. The Labute approximate surface area is 163 Å². The Hall–Kier alpha value is -1.95. The minimum absolute atomic E-state index is 0. The van der Waals surface area contributed by atoms with Crippen LogP contribution in [-0.4, -0.2) is 49.3 Å². The van der Waals surface area contributed by atoms with Gasteiger partial charge in [-0.05, 0) is 43.8 Å². The lowest BCUT2D eigenvalue weighted by Crippen LogP contribution is -2.43. The standard InChI is InChI=1S/C21H32N2O4.H2/c1-14-6-7-16(20(26)27-5)19(14)22-18(25)13-23-10-8-15(9-11-23)17(24)12-21(2,3)4;/h6,15H,7-13H2,1-5H3,(H,22,25);1H. The smallest absolute Gasteiger partial charge is 0.336 e. The molecule has 0 aromatic rings. The van der Waals surface area contributed by atoms with Crippen LogP contribution in [0.15, 0.2) is 22.9 Å². The summed E-state index contributed by atoms with van der Waals surface area (Å²) in [6.45, 7) is 9.88. The average Bonchev–Trinajstić information content (AvgIpc) is 2.94. The van der Waals surface area contributed by atoms with Gasteiger partial charge in [0.1, 0.15) is 5.78 Å². The molecular weight excluding hydrogens is 344 g/mol. The Morgan fingerprint density at radius 3 is 2.44 bits per heavy atom. The number of amides is 1. The average molecular weight is 379 g/mol. The number of rotatable bonds is 6. The van der Waals surface area contributed by atoms with Gasteiger partial charge < -0.3 is 10.1 Å².